The molecule has 2 amide bonds. The molecular formula is C26H25FN2O3. The van der Waals surface area contributed by atoms with Gasteiger partial charge in [-0.25, -0.2) is 4.39 Å². The third-order valence-corrected chi connectivity index (χ3v) is 5.71. The van der Waals surface area contributed by atoms with Gasteiger partial charge in [0.1, 0.15) is 11.6 Å². The van der Waals surface area contributed by atoms with Crippen molar-refractivity contribution in [2.24, 2.45) is 5.92 Å². The van der Waals surface area contributed by atoms with E-state index in [0.29, 0.717) is 31.6 Å². The number of hydrogen-bond donors (Lipinski definition) is 1. The fourth-order valence-electron chi connectivity index (χ4n) is 3.95. The molecule has 1 fully saturated rings. The maximum atomic E-state index is 13.6. The van der Waals surface area contributed by atoms with Crippen LogP contribution in [0.15, 0.2) is 72.8 Å². The van der Waals surface area contributed by atoms with Crippen LogP contribution in [0.1, 0.15) is 15.9 Å². The maximum absolute atomic E-state index is 13.6. The van der Waals surface area contributed by atoms with Crippen molar-refractivity contribution in [1.29, 1.82) is 0 Å². The summed E-state index contributed by atoms with van der Waals surface area (Å²) in [7, 11) is 1.64. The average Bonchev–Trinajstić information content (AvgIpc) is 3.00. The average molecular weight is 432 g/mol. The van der Waals surface area contributed by atoms with Crippen LogP contribution in [-0.4, -0.2) is 43.5 Å². The Bertz CT molecular complexity index is 1100. The van der Waals surface area contributed by atoms with Gasteiger partial charge in [-0.3, -0.25) is 9.59 Å². The number of methoxy groups -OCH3 is 1. The molecule has 0 aromatic heterocycles. The first-order valence-electron chi connectivity index (χ1n) is 10.6. The van der Waals surface area contributed by atoms with Crippen LogP contribution in [0.2, 0.25) is 0 Å². The monoisotopic (exact) mass is 432 g/mol. The Labute approximate surface area is 186 Å². The fraction of sp³-hybridized carbons (Fsp3) is 0.231. The Morgan fingerprint density at radius 3 is 2.41 bits per heavy atom. The van der Waals surface area contributed by atoms with Crippen LogP contribution < -0.4 is 10.1 Å². The Hall–Kier alpha value is -3.67. The predicted octanol–water partition coefficient (Wildman–Crippen LogP) is 3.93. The minimum Gasteiger partial charge on any atom is -0.497 e. The van der Waals surface area contributed by atoms with Gasteiger partial charge in [-0.1, -0.05) is 42.5 Å². The molecule has 0 aliphatic carbocycles. The van der Waals surface area contributed by atoms with E-state index in [9.17, 15) is 14.0 Å². The molecule has 1 saturated heterocycles. The molecule has 1 N–H and O–H groups in total. The molecule has 0 radical (unpaired) electrons. The van der Waals surface area contributed by atoms with E-state index >= 15 is 0 Å². The Morgan fingerprint density at radius 2 is 1.75 bits per heavy atom. The minimum atomic E-state index is -0.451. The summed E-state index contributed by atoms with van der Waals surface area (Å²) in [5, 5.41) is 2.89. The standard InChI is InChI=1S/C26H25FN2O3/c1-32-24-11-9-20(10-12-24)19-7-5-18(6-8-19)15-22-17-29(14-13-28-25(22)30)26(31)21-3-2-4-23(27)16-21/h2-12,16,22H,13-15,17H2,1H3,(H,28,30)/t22-/m0/s1. The maximum Gasteiger partial charge on any atom is 0.254 e. The van der Waals surface area contributed by atoms with Crippen molar-refractivity contribution >= 4 is 11.8 Å². The van der Waals surface area contributed by atoms with E-state index in [2.05, 4.69) is 5.32 Å². The van der Waals surface area contributed by atoms with Crippen molar-refractivity contribution in [3.05, 3.63) is 89.7 Å². The van der Waals surface area contributed by atoms with Gasteiger partial charge in [-0.15, -0.1) is 0 Å². The molecule has 164 valence electrons. The van der Waals surface area contributed by atoms with Gasteiger partial charge in [0.2, 0.25) is 5.91 Å². The largest absolute Gasteiger partial charge is 0.497 e. The first kappa shape index (κ1) is 21.6. The van der Waals surface area contributed by atoms with E-state index in [1.165, 1.54) is 18.2 Å². The molecule has 4 rings (SSSR count). The van der Waals surface area contributed by atoms with Gasteiger partial charge in [0, 0.05) is 25.2 Å². The SMILES string of the molecule is COc1ccc(-c2ccc(C[C@H]3CN(C(=O)c4cccc(F)c4)CCNC3=O)cc2)cc1. The van der Waals surface area contributed by atoms with Crippen LogP contribution in [-0.2, 0) is 11.2 Å². The summed E-state index contributed by atoms with van der Waals surface area (Å²) < 4.78 is 18.8. The third kappa shape index (κ3) is 4.97. The summed E-state index contributed by atoms with van der Waals surface area (Å²) in [6.45, 7) is 1.07. The van der Waals surface area contributed by atoms with Crippen LogP contribution >= 0.6 is 0 Å². The number of amides is 2. The van der Waals surface area contributed by atoms with Crippen LogP contribution in [0.5, 0.6) is 5.75 Å². The highest BCUT2D eigenvalue weighted by molar-refractivity contribution is 5.95. The van der Waals surface area contributed by atoms with Gasteiger partial charge >= 0.3 is 0 Å². The van der Waals surface area contributed by atoms with Gasteiger partial charge < -0.3 is 15.0 Å². The Kier molecular flexibility index (Phi) is 6.50. The van der Waals surface area contributed by atoms with Crippen LogP contribution in [0.4, 0.5) is 4.39 Å². The zero-order chi connectivity index (χ0) is 22.5. The van der Waals surface area contributed by atoms with Crippen LogP contribution in [0.3, 0.4) is 0 Å². The van der Waals surface area contributed by atoms with E-state index in [1.54, 1.807) is 18.1 Å². The Balaban J connectivity index is 1.46. The molecule has 0 spiro atoms. The number of halogens is 1. The second-order valence-electron chi connectivity index (χ2n) is 7.88. The van der Waals surface area contributed by atoms with Crippen molar-refractivity contribution < 1.29 is 18.7 Å². The topological polar surface area (TPSA) is 58.6 Å². The number of hydrogen-bond acceptors (Lipinski definition) is 3. The lowest BCUT2D eigenvalue weighted by atomic mass is 9.96. The van der Waals surface area contributed by atoms with Gasteiger partial charge in [0.25, 0.3) is 5.91 Å². The summed E-state index contributed by atoms with van der Waals surface area (Å²) in [5.74, 6) is -0.350. The fourth-order valence-corrected chi connectivity index (χ4v) is 3.95. The summed E-state index contributed by atoms with van der Waals surface area (Å²) >= 11 is 0. The van der Waals surface area contributed by atoms with Crippen molar-refractivity contribution in [2.75, 3.05) is 26.7 Å². The predicted molar refractivity (Wildman–Crippen MR) is 121 cm³/mol. The van der Waals surface area contributed by atoms with E-state index in [0.717, 1.165) is 22.4 Å². The van der Waals surface area contributed by atoms with Gasteiger partial charge in [0.05, 0.1) is 13.0 Å². The molecule has 1 aliphatic heterocycles. The van der Waals surface area contributed by atoms with Crippen molar-refractivity contribution in [3.63, 3.8) is 0 Å². The number of carbonyl (C=O) groups is 2. The lowest BCUT2D eigenvalue weighted by Gasteiger charge is -2.23. The number of ether oxygens (including phenoxy) is 1. The first-order chi connectivity index (χ1) is 15.5. The summed E-state index contributed by atoms with van der Waals surface area (Å²) in [4.78, 5) is 27.1. The smallest absolute Gasteiger partial charge is 0.254 e. The zero-order valence-electron chi connectivity index (χ0n) is 17.9. The van der Waals surface area contributed by atoms with Crippen LogP contribution in [0, 0.1) is 11.7 Å². The van der Waals surface area contributed by atoms with Crippen molar-refractivity contribution in [2.45, 2.75) is 6.42 Å². The zero-order valence-corrected chi connectivity index (χ0v) is 17.9. The molecule has 1 aliphatic rings. The second-order valence-corrected chi connectivity index (χ2v) is 7.88. The number of carbonyl (C=O) groups excluding carboxylic acids is 2. The highest BCUT2D eigenvalue weighted by atomic mass is 19.1. The van der Waals surface area contributed by atoms with Crippen LogP contribution in [0.25, 0.3) is 11.1 Å². The van der Waals surface area contributed by atoms with Gasteiger partial charge in [0.15, 0.2) is 0 Å². The second kappa shape index (κ2) is 9.64. The number of nitrogens with zero attached hydrogens (tertiary/aromatic N) is 1. The summed E-state index contributed by atoms with van der Waals surface area (Å²) in [5.41, 5.74) is 3.46. The highest BCUT2D eigenvalue weighted by Crippen LogP contribution is 2.24. The Morgan fingerprint density at radius 1 is 1.06 bits per heavy atom. The molecule has 3 aromatic carbocycles. The molecule has 5 nitrogen and oxygen atoms in total. The van der Waals surface area contributed by atoms with Gasteiger partial charge in [-0.2, -0.15) is 0 Å². The molecule has 0 saturated carbocycles. The van der Waals surface area contributed by atoms with E-state index in [4.69, 9.17) is 4.74 Å². The van der Waals surface area contributed by atoms with E-state index in [-0.39, 0.29) is 17.7 Å². The quantitative estimate of drug-likeness (QED) is 0.665. The lowest BCUT2D eigenvalue weighted by Crippen LogP contribution is -2.37. The molecule has 1 heterocycles. The molecular weight excluding hydrogens is 407 g/mol. The summed E-state index contributed by atoms with van der Waals surface area (Å²) in [6, 6.07) is 21.6. The highest BCUT2D eigenvalue weighted by Gasteiger charge is 2.28. The molecule has 0 unspecified atom stereocenters. The minimum absolute atomic E-state index is 0.0706. The molecule has 32 heavy (non-hydrogen) atoms. The normalized spacial score (nSPS) is 16.2. The number of rotatable bonds is 5. The van der Waals surface area contributed by atoms with E-state index in [1.807, 2.05) is 48.5 Å². The lowest BCUT2D eigenvalue weighted by molar-refractivity contribution is -0.124. The van der Waals surface area contributed by atoms with Gasteiger partial charge in [-0.05, 0) is 53.4 Å². The molecule has 0 bridgehead atoms. The third-order valence-electron chi connectivity index (χ3n) is 5.71. The molecule has 3 aromatic rings. The molecule has 1 atom stereocenters. The van der Waals surface area contributed by atoms with E-state index < -0.39 is 5.82 Å². The number of benzene rings is 3. The first-order valence-corrected chi connectivity index (χ1v) is 10.6. The molecule has 6 heteroatoms. The van der Waals surface area contributed by atoms with Crippen molar-refractivity contribution in [3.8, 4) is 16.9 Å². The summed E-state index contributed by atoms with van der Waals surface area (Å²) in [6.07, 6.45) is 0.516. The number of nitrogens with one attached hydrogen (secondary N) is 1. The van der Waals surface area contributed by atoms with Crippen molar-refractivity contribution in [1.82, 2.24) is 10.2 Å².